The molecule has 2 fully saturated rings. The molecule has 3 atom stereocenters. The molecule has 0 amide bonds. The summed E-state index contributed by atoms with van der Waals surface area (Å²) in [7, 11) is 1.66. The molecule has 1 N–H and O–H groups in total. The Labute approximate surface area is 110 Å². The minimum atomic E-state index is -0.625. The first-order chi connectivity index (χ1) is 8.11. The van der Waals surface area contributed by atoms with Crippen molar-refractivity contribution >= 4 is 15.9 Å². The van der Waals surface area contributed by atoms with Gasteiger partial charge in [-0.15, -0.1) is 0 Å². The molecule has 2 aliphatic rings. The second kappa shape index (κ2) is 3.99. The molecule has 2 bridgehead atoms. The van der Waals surface area contributed by atoms with E-state index in [1.807, 2.05) is 18.2 Å². The lowest BCUT2D eigenvalue weighted by molar-refractivity contribution is -0.0184. The molecule has 1 aromatic rings. The topological polar surface area (TPSA) is 29.5 Å². The van der Waals surface area contributed by atoms with E-state index in [0.717, 1.165) is 34.5 Å². The zero-order valence-corrected chi connectivity index (χ0v) is 11.5. The number of halogens is 1. The molecule has 0 saturated heterocycles. The second-order valence-corrected chi connectivity index (χ2v) is 6.30. The van der Waals surface area contributed by atoms with Crippen LogP contribution in [0.3, 0.4) is 0 Å². The predicted octanol–water partition coefficient (Wildman–Crippen LogP) is 3.47. The molecule has 0 aromatic heterocycles. The van der Waals surface area contributed by atoms with Crippen LogP contribution in [0.2, 0.25) is 0 Å². The summed E-state index contributed by atoms with van der Waals surface area (Å²) in [6.45, 7) is 0. The van der Waals surface area contributed by atoms with Gasteiger partial charge in [0.1, 0.15) is 5.75 Å². The van der Waals surface area contributed by atoms with Crippen LogP contribution in [0.15, 0.2) is 22.7 Å². The summed E-state index contributed by atoms with van der Waals surface area (Å²) < 4.78 is 6.25. The number of benzene rings is 1. The summed E-state index contributed by atoms with van der Waals surface area (Å²) in [5.41, 5.74) is 0.385. The van der Waals surface area contributed by atoms with E-state index in [4.69, 9.17) is 4.74 Å². The number of methoxy groups -OCH3 is 1. The fourth-order valence-corrected chi connectivity index (χ4v) is 4.06. The van der Waals surface area contributed by atoms with E-state index in [-0.39, 0.29) is 0 Å². The average molecular weight is 297 g/mol. The number of hydrogen-bond donors (Lipinski definition) is 1. The van der Waals surface area contributed by atoms with Gasteiger partial charge in [0.25, 0.3) is 0 Å². The molecule has 0 radical (unpaired) electrons. The van der Waals surface area contributed by atoms with E-state index in [1.54, 1.807) is 7.11 Å². The molecule has 0 heterocycles. The van der Waals surface area contributed by atoms with Crippen molar-refractivity contribution in [1.29, 1.82) is 0 Å². The highest BCUT2D eigenvalue weighted by Gasteiger charge is 2.50. The van der Waals surface area contributed by atoms with Gasteiger partial charge in [0.15, 0.2) is 0 Å². The van der Waals surface area contributed by atoms with E-state index in [2.05, 4.69) is 15.9 Å². The first kappa shape index (κ1) is 11.5. The third kappa shape index (κ3) is 1.80. The van der Waals surface area contributed by atoms with Crippen LogP contribution in [0.25, 0.3) is 0 Å². The Hall–Kier alpha value is -0.540. The quantitative estimate of drug-likeness (QED) is 0.906. The highest BCUT2D eigenvalue weighted by molar-refractivity contribution is 9.10. The lowest BCUT2D eigenvalue weighted by Crippen LogP contribution is -2.32. The van der Waals surface area contributed by atoms with Gasteiger partial charge in [0, 0.05) is 4.47 Å². The van der Waals surface area contributed by atoms with E-state index >= 15 is 0 Å². The standard InChI is InChI=1S/C14H17BrO2/c1-17-13-6-11(5-12(15)7-13)14(16)8-9-2-3-10(14)4-9/h5-7,9-10,16H,2-4,8H2,1H3. The molecule has 92 valence electrons. The summed E-state index contributed by atoms with van der Waals surface area (Å²) in [6, 6.07) is 5.94. The molecular formula is C14H17BrO2. The van der Waals surface area contributed by atoms with Crippen molar-refractivity contribution in [3.05, 3.63) is 28.2 Å². The highest BCUT2D eigenvalue weighted by Crippen LogP contribution is 2.55. The van der Waals surface area contributed by atoms with Crippen LogP contribution >= 0.6 is 15.9 Å². The molecule has 0 spiro atoms. The van der Waals surface area contributed by atoms with Gasteiger partial charge >= 0.3 is 0 Å². The van der Waals surface area contributed by atoms with E-state index in [0.29, 0.717) is 5.92 Å². The first-order valence-corrected chi connectivity index (χ1v) is 6.98. The van der Waals surface area contributed by atoms with E-state index in [1.165, 1.54) is 12.8 Å². The summed E-state index contributed by atoms with van der Waals surface area (Å²) in [6.07, 6.45) is 4.55. The Kier molecular flexibility index (Phi) is 2.71. The molecule has 17 heavy (non-hydrogen) atoms. The van der Waals surface area contributed by atoms with Crippen LogP contribution in [0.1, 0.15) is 31.2 Å². The molecule has 3 heteroatoms. The molecular weight excluding hydrogens is 280 g/mol. The van der Waals surface area contributed by atoms with Crippen molar-refractivity contribution < 1.29 is 9.84 Å². The van der Waals surface area contributed by atoms with E-state index < -0.39 is 5.60 Å². The summed E-state index contributed by atoms with van der Waals surface area (Å²) >= 11 is 3.49. The van der Waals surface area contributed by atoms with Crippen LogP contribution in [-0.4, -0.2) is 12.2 Å². The van der Waals surface area contributed by atoms with Crippen molar-refractivity contribution in [2.45, 2.75) is 31.3 Å². The Morgan fingerprint density at radius 2 is 2.18 bits per heavy atom. The predicted molar refractivity (Wildman–Crippen MR) is 70.0 cm³/mol. The number of ether oxygens (including phenoxy) is 1. The van der Waals surface area contributed by atoms with Gasteiger partial charge in [-0.3, -0.25) is 0 Å². The van der Waals surface area contributed by atoms with Gasteiger partial charge in [-0.2, -0.15) is 0 Å². The van der Waals surface area contributed by atoms with Crippen LogP contribution < -0.4 is 4.74 Å². The lowest BCUT2D eigenvalue weighted by atomic mass is 9.79. The Morgan fingerprint density at radius 3 is 2.76 bits per heavy atom. The van der Waals surface area contributed by atoms with Gasteiger partial charge in [-0.05, 0) is 61.3 Å². The minimum Gasteiger partial charge on any atom is -0.497 e. The maximum atomic E-state index is 10.9. The summed E-state index contributed by atoms with van der Waals surface area (Å²) in [4.78, 5) is 0. The molecule has 2 nitrogen and oxygen atoms in total. The zero-order valence-electron chi connectivity index (χ0n) is 9.95. The largest absolute Gasteiger partial charge is 0.497 e. The van der Waals surface area contributed by atoms with E-state index in [9.17, 15) is 5.11 Å². The van der Waals surface area contributed by atoms with Gasteiger partial charge in [0.05, 0.1) is 12.7 Å². The molecule has 1 aromatic carbocycles. The minimum absolute atomic E-state index is 0.437. The maximum absolute atomic E-state index is 10.9. The van der Waals surface area contributed by atoms with Crippen molar-refractivity contribution in [1.82, 2.24) is 0 Å². The molecule has 3 unspecified atom stereocenters. The van der Waals surface area contributed by atoms with Gasteiger partial charge in [0.2, 0.25) is 0 Å². The monoisotopic (exact) mass is 296 g/mol. The van der Waals surface area contributed by atoms with Crippen molar-refractivity contribution in [2.75, 3.05) is 7.11 Å². The second-order valence-electron chi connectivity index (χ2n) is 5.38. The number of aliphatic hydroxyl groups is 1. The Bertz CT molecular complexity index is 446. The maximum Gasteiger partial charge on any atom is 0.120 e. The first-order valence-electron chi connectivity index (χ1n) is 6.19. The molecule has 2 saturated carbocycles. The van der Waals surface area contributed by atoms with Gasteiger partial charge in [-0.25, -0.2) is 0 Å². The van der Waals surface area contributed by atoms with Crippen LogP contribution in [-0.2, 0) is 5.60 Å². The zero-order chi connectivity index (χ0) is 12.0. The average Bonchev–Trinajstić information content (AvgIpc) is 2.88. The van der Waals surface area contributed by atoms with Gasteiger partial charge < -0.3 is 9.84 Å². The SMILES string of the molecule is COc1cc(Br)cc(C2(O)CC3CCC2C3)c1. The third-order valence-electron chi connectivity index (χ3n) is 4.42. The Balaban J connectivity index is 2.01. The Morgan fingerprint density at radius 1 is 1.35 bits per heavy atom. The lowest BCUT2D eigenvalue weighted by Gasteiger charge is -2.33. The van der Waals surface area contributed by atoms with Crippen LogP contribution in [0.5, 0.6) is 5.75 Å². The number of fused-ring (bicyclic) bond motifs is 2. The third-order valence-corrected chi connectivity index (χ3v) is 4.88. The smallest absolute Gasteiger partial charge is 0.120 e. The van der Waals surface area contributed by atoms with Crippen molar-refractivity contribution in [3.8, 4) is 5.75 Å². The summed E-state index contributed by atoms with van der Waals surface area (Å²) in [5, 5.41) is 10.9. The highest BCUT2D eigenvalue weighted by atomic mass is 79.9. The van der Waals surface area contributed by atoms with Crippen molar-refractivity contribution in [3.63, 3.8) is 0 Å². The number of rotatable bonds is 2. The fraction of sp³-hybridized carbons (Fsp3) is 0.571. The summed E-state index contributed by atoms with van der Waals surface area (Å²) in [5.74, 6) is 1.96. The van der Waals surface area contributed by atoms with Crippen LogP contribution in [0.4, 0.5) is 0 Å². The molecule has 0 aliphatic heterocycles. The van der Waals surface area contributed by atoms with Gasteiger partial charge in [-0.1, -0.05) is 15.9 Å². The normalized spacial score (nSPS) is 35.2. The van der Waals surface area contributed by atoms with Crippen molar-refractivity contribution in [2.24, 2.45) is 11.8 Å². The number of hydrogen-bond acceptors (Lipinski definition) is 2. The fourth-order valence-electron chi connectivity index (χ4n) is 3.58. The van der Waals surface area contributed by atoms with Crippen LogP contribution in [0, 0.1) is 11.8 Å². The molecule has 2 aliphatic carbocycles. The molecule has 3 rings (SSSR count).